The smallest absolute Gasteiger partial charge is 0.271 e. The van der Waals surface area contributed by atoms with Gasteiger partial charge < -0.3 is 14.0 Å². The highest BCUT2D eigenvalue weighted by Gasteiger charge is 2.09. The Morgan fingerprint density at radius 3 is 2.37 bits per heavy atom. The molecule has 6 nitrogen and oxygen atoms in total. The minimum Gasteiger partial charge on any atom is -0.497 e. The van der Waals surface area contributed by atoms with Crippen molar-refractivity contribution in [1.29, 1.82) is 0 Å². The maximum Gasteiger partial charge on any atom is 0.271 e. The molecule has 0 aliphatic rings. The van der Waals surface area contributed by atoms with Gasteiger partial charge in [0.2, 0.25) is 0 Å². The first-order valence-electron chi connectivity index (χ1n) is 8.10. The number of rotatable bonds is 6. The average Bonchev–Trinajstić information content (AvgIpc) is 3.16. The standard InChI is InChI=1S/C20H18BrN3O3/c1-26-18-10-14(11-19(12-18)27-2)20(25)23-22-13-17-4-3-9-24(17)16-7-5-15(21)6-8-16/h3-13H,1-2H3,(H,23,25). The van der Waals surface area contributed by atoms with Gasteiger partial charge in [-0.05, 0) is 48.5 Å². The lowest BCUT2D eigenvalue weighted by Crippen LogP contribution is -2.18. The van der Waals surface area contributed by atoms with Crippen LogP contribution in [0.1, 0.15) is 16.1 Å². The maximum atomic E-state index is 12.4. The number of amides is 1. The van der Waals surface area contributed by atoms with Crippen LogP contribution >= 0.6 is 15.9 Å². The van der Waals surface area contributed by atoms with E-state index in [9.17, 15) is 4.79 Å². The van der Waals surface area contributed by atoms with E-state index in [2.05, 4.69) is 26.5 Å². The summed E-state index contributed by atoms with van der Waals surface area (Å²) in [5.41, 5.74) is 4.75. The molecular weight excluding hydrogens is 410 g/mol. The third-order valence-electron chi connectivity index (χ3n) is 3.86. The van der Waals surface area contributed by atoms with Crippen molar-refractivity contribution in [2.75, 3.05) is 14.2 Å². The fraction of sp³-hybridized carbons (Fsp3) is 0.100. The molecule has 0 atom stereocenters. The van der Waals surface area contributed by atoms with E-state index < -0.39 is 0 Å². The monoisotopic (exact) mass is 427 g/mol. The molecular formula is C20H18BrN3O3. The van der Waals surface area contributed by atoms with E-state index in [1.807, 2.05) is 47.2 Å². The van der Waals surface area contributed by atoms with E-state index in [1.165, 1.54) is 14.2 Å². The Hall–Kier alpha value is -3.06. The normalized spacial score (nSPS) is 10.8. The zero-order valence-electron chi connectivity index (χ0n) is 14.8. The number of halogens is 1. The van der Waals surface area contributed by atoms with Crippen LogP contribution in [0.2, 0.25) is 0 Å². The van der Waals surface area contributed by atoms with Gasteiger partial charge in [0.05, 0.1) is 26.1 Å². The number of benzene rings is 2. The van der Waals surface area contributed by atoms with Crippen LogP contribution in [0.25, 0.3) is 5.69 Å². The van der Waals surface area contributed by atoms with Gasteiger partial charge in [0.25, 0.3) is 5.91 Å². The molecule has 0 saturated heterocycles. The van der Waals surface area contributed by atoms with Gasteiger partial charge in [-0.2, -0.15) is 5.10 Å². The number of nitrogens with one attached hydrogen (secondary N) is 1. The Kier molecular flexibility index (Phi) is 5.93. The molecule has 7 heteroatoms. The van der Waals surface area contributed by atoms with Crippen LogP contribution in [0.5, 0.6) is 11.5 Å². The van der Waals surface area contributed by atoms with Gasteiger partial charge in [-0.3, -0.25) is 4.79 Å². The van der Waals surface area contributed by atoms with Gasteiger partial charge in [-0.15, -0.1) is 0 Å². The Bertz CT molecular complexity index is 943. The Morgan fingerprint density at radius 2 is 1.74 bits per heavy atom. The van der Waals surface area contributed by atoms with Crippen LogP contribution in [0, 0.1) is 0 Å². The second-order valence-electron chi connectivity index (χ2n) is 5.58. The second kappa shape index (κ2) is 8.55. The Labute approximate surface area is 165 Å². The van der Waals surface area contributed by atoms with Crippen LogP contribution in [0.4, 0.5) is 0 Å². The van der Waals surface area contributed by atoms with Crippen molar-refractivity contribution >= 4 is 28.1 Å². The number of hydrogen-bond donors (Lipinski definition) is 1. The zero-order chi connectivity index (χ0) is 19.2. The van der Waals surface area contributed by atoms with Crippen molar-refractivity contribution in [2.24, 2.45) is 5.10 Å². The molecule has 0 fully saturated rings. The predicted octanol–water partition coefficient (Wildman–Crippen LogP) is 4.02. The predicted molar refractivity (Wildman–Crippen MR) is 108 cm³/mol. The average molecular weight is 428 g/mol. The number of carbonyl (C=O) groups is 1. The Morgan fingerprint density at radius 1 is 1.07 bits per heavy atom. The third-order valence-corrected chi connectivity index (χ3v) is 4.39. The maximum absolute atomic E-state index is 12.4. The van der Waals surface area contributed by atoms with Gasteiger partial charge in [-0.1, -0.05) is 15.9 Å². The van der Waals surface area contributed by atoms with Crippen LogP contribution < -0.4 is 14.9 Å². The molecule has 1 heterocycles. The third kappa shape index (κ3) is 4.57. The number of hydrazone groups is 1. The second-order valence-corrected chi connectivity index (χ2v) is 6.50. The first-order chi connectivity index (χ1) is 13.1. The molecule has 1 N–H and O–H groups in total. The van der Waals surface area contributed by atoms with E-state index in [-0.39, 0.29) is 5.91 Å². The van der Waals surface area contributed by atoms with Gasteiger partial charge in [-0.25, -0.2) is 5.43 Å². The highest BCUT2D eigenvalue weighted by atomic mass is 79.9. The minimum atomic E-state index is -0.356. The van der Waals surface area contributed by atoms with Crippen LogP contribution in [0.3, 0.4) is 0 Å². The molecule has 0 aliphatic carbocycles. The molecule has 1 amide bonds. The van der Waals surface area contributed by atoms with Gasteiger partial charge in [0.15, 0.2) is 0 Å². The quantitative estimate of drug-likeness (QED) is 0.477. The lowest BCUT2D eigenvalue weighted by atomic mass is 10.2. The fourth-order valence-electron chi connectivity index (χ4n) is 2.50. The van der Waals surface area contributed by atoms with E-state index in [1.54, 1.807) is 24.4 Å². The summed E-state index contributed by atoms with van der Waals surface area (Å²) in [6.07, 6.45) is 3.52. The SMILES string of the molecule is COc1cc(OC)cc(C(=O)NN=Cc2cccn2-c2ccc(Br)cc2)c1. The molecule has 0 bridgehead atoms. The van der Waals surface area contributed by atoms with E-state index >= 15 is 0 Å². The van der Waals surface area contributed by atoms with Crippen molar-refractivity contribution < 1.29 is 14.3 Å². The van der Waals surface area contributed by atoms with Crippen LogP contribution in [-0.4, -0.2) is 30.9 Å². The summed E-state index contributed by atoms with van der Waals surface area (Å²) in [7, 11) is 3.07. The van der Waals surface area contributed by atoms with Gasteiger partial charge in [0.1, 0.15) is 11.5 Å². The minimum absolute atomic E-state index is 0.356. The summed E-state index contributed by atoms with van der Waals surface area (Å²) in [6, 6.07) is 16.7. The number of nitrogens with zero attached hydrogens (tertiary/aromatic N) is 2. The number of methoxy groups -OCH3 is 2. The summed E-state index contributed by atoms with van der Waals surface area (Å²) < 4.78 is 13.3. The first-order valence-corrected chi connectivity index (χ1v) is 8.90. The number of carbonyl (C=O) groups excluding carboxylic acids is 1. The molecule has 1 aromatic heterocycles. The number of aromatic nitrogens is 1. The summed E-state index contributed by atoms with van der Waals surface area (Å²) in [6.45, 7) is 0. The van der Waals surface area contributed by atoms with E-state index in [0.717, 1.165) is 15.9 Å². The summed E-state index contributed by atoms with van der Waals surface area (Å²) in [5.74, 6) is 0.713. The number of ether oxygens (including phenoxy) is 2. The van der Waals surface area contributed by atoms with Crippen molar-refractivity contribution in [1.82, 2.24) is 9.99 Å². The topological polar surface area (TPSA) is 64.8 Å². The molecule has 27 heavy (non-hydrogen) atoms. The molecule has 0 radical (unpaired) electrons. The van der Waals surface area contributed by atoms with Crippen molar-refractivity contribution in [3.05, 3.63) is 76.5 Å². The van der Waals surface area contributed by atoms with Crippen LogP contribution in [-0.2, 0) is 0 Å². The van der Waals surface area contributed by atoms with Crippen LogP contribution in [0.15, 0.2) is 70.4 Å². The molecule has 0 saturated carbocycles. The van der Waals surface area contributed by atoms with Gasteiger partial charge in [0, 0.05) is 28.0 Å². The molecule has 2 aromatic carbocycles. The molecule has 3 aromatic rings. The summed E-state index contributed by atoms with van der Waals surface area (Å²) in [5, 5.41) is 4.07. The molecule has 138 valence electrons. The van der Waals surface area contributed by atoms with E-state index in [4.69, 9.17) is 9.47 Å². The van der Waals surface area contributed by atoms with Crippen molar-refractivity contribution in [3.8, 4) is 17.2 Å². The Balaban J connectivity index is 1.74. The molecule has 0 aliphatic heterocycles. The van der Waals surface area contributed by atoms with Gasteiger partial charge >= 0.3 is 0 Å². The molecule has 0 unspecified atom stereocenters. The van der Waals surface area contributed by atoms with E-state index in [0.29, 0.717) is 17.1 Å². The summed E-state index contributed by atoms with van der Waals surface area (Å²) in [4.78, 5) is 12.4. The van der Waals surface area contributed by atoms with Crippen molar-refractivity contribution in [3.63, 3.8) is 0 Å². The first kappa shape index (κ1) is 18.7. The lowest BCUT2D eigenvalue weighted by Gasteiger charge is -2.08. The molecule has 3 rings (SSSR count). The zero-order valence-corrected chi connectivity index (χ0v) is 16.4. The largest absolute Gasteiger partial charge is 0.497 e. The van der Waals surface area contributed by atoms with Crippen molar-refractivity contribution in [2.45, 2.75) is 0 Å². The summed E-state index contributed by atoms with van der Waals surface area (Å²) >= 11 is 3.43. The molecule has 0 spiro atoms. The lowest BCUT2D eigenvalue weighted by molar-refractivity contribution is 0.0954. The number of hydrogen-bond acceptors (Lipinski definition) is 4. The highest BCUT2D eigenvalue weighted by molar-refractivity contribution is 9.10. The highest BCUT2D eigenvalue weighted by Crippen LogP contribution is 2.22. The fourth-order valence-corrected chi connectivity index (χ4v) is 2.76.